The van der Waals surface area contributed by atoms with E-state index in [-0.39, 0.29) is 6.61 Å². The lowest BCUT2D eigenvalue weighted by Gasteiger charge is -2.35. The summed E-state index contributed by atoms with van der Waals surface area (Å²) >= 11 is 0. The SMILES string of the molecule is C#CCOC(=O)O[C@H]1C(OP(=O)([O-])OC(C)(C)C)[C@@H](COC(C)(C)C)O[C@H]1n1ccc(=O)[nH]c1=O. The molecule has 5 atom stereocenters. The molecule has 0 spiro atoms. The summed E-state index contributed by atoms with van der Waals surface area (Å²) in [5.41, 5.74) is -3.38. The van der Waals surface area contributed by atoms with Crippen LogP contribution >= 0.6 is 7.82 Å². The Labute approximate surface area is 202 Å². The van der Waals surface area contributed by atoms with Crippen molar-refractivity contribution in [2.24, 2.45) is 0 Å². The highest BCUT2D eigenvalue weighted by Gasteiger charge is 2.51. The van der Waals surface area contributed by atoms with Crippen LogP contribution in [0.25, 0.3) is 0 Å². The third-order valence-corrected chi connectivity index (χ3v) is 5.51. The van der Waals surface area contributed by atoms with Gasteiger partial charge in [0, 0.05) is 12.3 Å². The van der Waals surface area contributed by atoms with Gasteiger partial charge in [0.1, 0.15) is 12.2 Å². The molecule has 1 aromatic heterocycles. The molecule has 2 heterocycles. The van der Waals surface area contributed by atoms with Crippen molar-refractivity contribution in [2.45, 2.75) is 77.3 Å². The second-order valence-corrected chi connectivity index (χ2v) is 10.8. The lowest BCUT2D eigenvalue weighted by molar-refractivity contribution is -0.242. The van der Waals surface area contributed by atoms with Gasteiger partial charge in [-0.25, -0.2) is 9.59 Å². The molecule has 1 aliphatic rings. The maximum atomic E-state index is 12.7. The fourth-order valence-corrected chi connectivity index (χ4v) is 4.30. The minimum Gasteiger partial charge on any atom is -0.756 e. The number of carbonyl (C=O) groups is 1. The number of H-pyrrole nitrogens is 1. The molecule has 1 aromatic rings. The first-order valence-corrected chi connectivity index (χ1v) is 12.1. The number of nitrogens with zero attached hydrogens (tertiary/aromatic N) is 1. The smallest absolute Gasteiger partial charge is 0.509 e. The number of aromatic amines is 1. The summed E-state index contributed by atoms with van der Waals surface area (Å²) in [6, 6.07) is 1.04. The first-order chi connectivity index (χ1) is 16.0. The topological polar surface area (TPSA) is 167 Å². The number of ether oxygens (including phenoxy) is 4. The summed E-state index contributed by atoms with van der Waals surface area (Å²) in [5, 5.41) is 0. The number of aromatic nitrogens is 2. The molecule has 0 saturated carbocycles. The van der Waals surface area contributed by atoms with E-state index in [0.717, 1.165) is 16.8 Å². The average molecular weight is 517 g/mol. The van der Waals surface area contributed by atoms with Crippen molar-refractivity contribution in [3.05, 3.63) is 33.1 Å². The van der Waals surface area contributed by atoms with Gasteiger partial charge in [0.2, 0.25) is 0 Å². The van der Waals surface area contributed by atoms with Gasteiger partial charge >= 0.3 is 11.8 Å². The number of rotatable bonds is 8. The highest BCUT2D eigenvalue weighted by Crippen LogP contribution is 2.48. The van der Waals surface area contributed by atoms with E-state index in [4.69, 9.17) is 34.4 Å². The van der Waals surface area contributed by atoms with Crippen LogP contribution in [0.3, 0.4) is 0 Å². The summed E-state index contributed by atoms with van der Waals surface area (Å²) in [6.07, 6.45) is -0.735. The van der Waals surface area contributed by atoms with Crippen LogP contribution < -0.4 is 16.1 Å². The molecule has 1 saturated heterocycles. The maximum Gasteiger partial charge on any atom is 0.509 e. The summed E-state index contributed by atoms with van der Waals surface area (Å²) in [6.45, 7) is 9.14. The Bertz CT molecular complexity index is 1090. The number of phosphoric acid groups is 1. The lowest BCUT2D eigenvalue weighted by Crippen LogP contribution is -2.43. The Balaban J connectivity index is 2.51. The molecule has 2 rings (SSSR count). The second-order valence-electron chi connectivity index (χ2n) is 9.55. The van der Waals surface area contributed by atoms with Crippen LogP contribution in [0.5, 0.6) is 0 Å². The van der Waals surface area contributed by atoms with Crippen molar-refractivity contribution in [3.8, 4) is 12.3 Å². The highest BCUT2D eigenvalue weighted by atomic mass is 31.2. The van der Waals surface area contributed by atoms with Gasteiger partial charge in [-0.1, -0.05) is 5.92 Å². The Kier molecular flexibility index (Phi) is 9.10. The summed E-state index contributed by atoms with van der Waals surface area (Å²) in [4.78, 5) is 50.9. The lowest BCUT2D eigenvalue weighted by atomic mass is 10.1. The summed E-state index contributed by atoms with van der Waals surface area (Å²) < 4.78 is 45.6. The van der Waals surface area contributed by atoms with Crippen molar-refractivity contribution in [3.63, 3.8) is 0 Å². The zero-order valence-corrected chi connectivity index (χ0v) is 21.2. The Hall–Kier alpha value is -2.46. The van der Waals surface area contributed by atoms with E-state index in [0.29, 0.717) is 0 Å². The molecule has 13 nitrogen and oxygen atoms in total. The number of nitrogens with one attached hydrogen (secondary N) is 1. The van der Waals surface area contributed by atoms with Crippen molar-refractivity contribution in [1.82, 2.24) is 9.55 Å². The molecule has 0 radical (unpaired) electrons. The Morgan fingerprint density at radius 1 is 1.23 bits per heavy atom. The van der Waals surface area contributed by atoms with E-state index in [9.17, 15) is 23.8 Å². The fourth-order valence-electron chi connectivity index (χ4n) is 3.03. The van der Waals surface area contributed by atoms with Crippen molar-refractivity contribution < 1.29 is 42.2 Å². The van der Waals surface area contributed by atoms with Crippen LogP contribution in [-0.4, -0.2) is 58.4 Å². The number of hydrogen-bond acceptors (Lipinski definition) is 11. The van der Waals surface area contributed by atoms with Crippen LogP contribution in [0.1, 0.15) is 47.8 Å². The second kappa shape index (κ2) is 11.1. The highest BCUT2D eigenvalue weighted by molar-refractivity contribution is 7.45. The zero-order valence-electron chi connectivity index (χ0n) is 20.3. The van der Waals surface area contributed by atoms with Crippen LogP contribution in [0, 0.1) is 12.3 Å². The number of hydrogen-bond donors (Lipinski definition) is 1. The third-order valence-electron chi connectivity index (χ3n) is 4.23. The van der Waals surface area contributed by atoms with Crippen LogP contribution in [0.4, 0.5) is 4.79 Å². The van der Waals surface area contributed by atoms with Crippen molar-refractivity contribution in [2.75, 3.05) is 13.2 Å². The Morgan fingerprint density at radius 2 is 1.89 bits per heavy atom. The van der Waals surface area contributed by atoms with E-state index in [2.05, 4.69) is 5.92 Å². The summed E-state index contributed by atoms with van der Waals surface area (Å²) in [5.74, 6) is 2.09. The van der Waals surface area contributed by atoms with Gasteiger partial charge in [-0.3, -0.25) is 18.9 Å². The molecule has 1 N–H and O–H groups in total. The number of carbonyl (C=O) groups excluding carboxylic acids is 1. The molecular weight excluding hydrogens is 487 g/mol. The predicted octanol–water partition coefficient (Wildman–Crippen LogP) is 1.07. The quantitative estimate of drug-likeness (QED) is 0.298. The molecule has 1 fully saturated rings. The van der Waals surface area contributed by atoms with Crippen molar-refractivity contribution >= 4 is 14.0 Å². The van der Waals surface area contributed by atoms with Crippen LogP contribution in [0.2, 0.25) is 0 Å². The number of terminal acetylenes is 1. The predicted molar refractivity (Wildman–Crippen MR) is 119 cm³/mol. The van der Waals surface area contributed by atoms with Gasteiger partial charge in [-0.15, -0.1) is 6.42 Å². The zero-order chi connectivity index (χ0) is 26.6. The van der Waals surface area contributed by atoms with Gasteiger partial charge in [0.15, 0.2) is 18.9 Å². The van der Waals surface area contributed by atoms with Gasteiger partial charge < -0.3 is 32.9 Å². The van der Waals surface area contributed by atoms with Crippen LogP contribution in [-0.2, 0) is 32.6 Å². The van der Waals surface area contributed by atoms with E-state index in [1.165, 1.54) is 20.8 Å². The molecule has 0 aromatic carbocycles. The molecular formula is C21H30N2O11P-. The minimum absolute atomic E-state index is 0.211. The fraction of sp³-hybridized carbons (Fsp3) is 0.667. The standard InChI is InChI=1S/C21H31N2O11P/c1-8-11-29-19(26)32-16-15(33-35(27,28)34-21(5,6)7)13(12-30-20(2,3)4)31-17(16)23-10-9-14(24)22-18(23)25/h1,9-10,13,15-17H,11-12H2,2-7H3,(H,27,28)(H,22,24,25)/p-1/t13-,15?,16+,17-/m1/s1. The van der Waals surface area contributed by atoms with Gasteiger partial charge in [0.25, 0.3) is 13.4 Å². The largest absolute Gasteiger partial charge is 0.756 e. The van der Waals surface area contributed by atoms with Gasteiger partial charge in [-0.2, -0.15) is 0 Å². The van der Waals surface area contributed by atoms with E-state index >= 15 is 0 Å². The van der Waals surface area contributed by atoms with E-state index < -0.39 is 67.6 Å². The molecule has 0 amide bonds. The first kappa shape index (κ1) is 28.8. The first-order valence-electron chi connectivity index (χ1n) is 10.6. The molecule has 2 unspecified atom stereocenters. The molecule has 0 aliphatic carbocycles. The molecule has 1 aliphatic heterocycles. The molecule has 196 valence electrons. The van der Waals surface area contributed by atoms with E-state index in [1.54, 1.807) is 20.8 Å². The van der Waals surface area contributed by atoms with Crippen LogP contribution in [0.15, 0.2) is 21.9 Å². The number of phosphoric ester groups is 1. The minimum atomic E-state index is -5.00. The molecule has 35 heavy (non-hydrogen) atoms. The normalized spacial score (nSPS) is 24.4. The molecule has 14 heteroatoms. The molecule has 0 bridgehead atoms. The Morgan fingerprint density at radius 3 is 2.43 bits per heavy atom. The van der Waals surface area contributed by atoms with E-state index in [1.807, 2.05) is 4.98 Å². The van der Waals surface area contributed by atoms with Crippen molar-refractivity contribution in [1.29, 1.82) is 0 Å². The van der Waals surface area contributed by atoms with Gasteiger partial charge in [-0.05, 0) is 41.5 Å². The average Bonchev–Trinajstić information content (AvgIpc) is 2.98. The third kappa shape index (κ3) is 8.92. The maximum absolute atomic E-state index is 12.7. The van der Waals surface area contributed by atoms with Gasteiger partial charge in [0.05, 0.1) is 17.8 Å². The summed E-state index contributed by atoms with van der Waals surface area (Å²) in [7, 11) is -5.00. The monoisotopic (exact) mass is 517 g/mol.